The third-order valence-electron chi connectivity index (χ3n) is 7.42. The molecule has 0 fully saturated rings. The lowest BCUT2D eigenvalue weighted by Crippen LogP contribution is -2.38. The third kappa shape index (κ3) is 8.48. The number of nitrogens with zero attached hydrogens (tertiary/aromatic N) is 2. The second kappa shape index (κ2) is 14.3. The number of hydrogen-bond acceptors (Lipinski definition) is 6. The quantitative estimate of drug-likeness (QED) is 0.141. The number of unbranched alkanes of at least 4 members (excludes halogenated alkanes) is 2. The minimum absolute atomic E-state index is 0.417. The number of hydrogen-bond donors (Lipinski definition) is 2. The standard InChI is InChI=1S/C33H39N4O4S3/c1-43(38,39)34-20-10-12-22-36-29-17-7-6-16-28(29)27(24-31(36)26-14-4-3-5-15-26)25-33-37(23-13-11-21-35-44(2,40)41)30-18-8-9-19-32(30)42-33/h3-9,14-19,24-25,34-35H,10-13,20-23H2,1-2H3/q+1. The topological polar surface area (TPSA) is 99.5 Å². The summed E-state index contributed by atoms with van der Waals surface area (Å²) in [5.41, 5.74) is 5.63. The van der Waals surface area contributed by atoms with Crippen molar-refractivity contribution in [2.24, 2.45) is 0 Å². The highest BCUT2D eigenvalue weighted by atomic mass is 32.2. The van der Waals surface area contributed by atoms with E-state index in [0.717, 1.165) is 71.5 Å². The van der Waals surface area contributed by atoms with E-state index < -0.39 is 20.0 Å². The zero-order valence-electron chi connectivity index (χ0n) is 25.1. The van der Waals surface area contributed by atoms with E-state index in [0.29, 0.717) is 13.1 Å². The molecule has 0 amide bonds. The molecule has 0 radical (unpaired) electrons. The highest BCUT2D eigenvalue weighted by Crippen LogP contribution is 2.47. The number of rotatable bonds is 14. The van der Waals surface area contributed by atoms with Gasteiger partial charge < -0.3 is 4.90 Å². The minimum Gasteiger partial charge on any atom is -0.335 e. The number of anilines is 1. The minimum atomic E-state index is -3.21. The fraction of sp³-hybridized carbons (Fsp3) is 0.303. The van der Waals surface area contributed by atoms with Gasteiger partial charge in [-0.2, -0.15) is 4.57 Å². The Balaban J connectivity index is 1.50. The number of benzene rings is 3. The van der Waals surface area contributed by atoms with Gasteiger partial charge in [-0.3, -0.25) is 0 Å². The van der Waals surface area contributed by atoms with Crippen molar-refractivity contribution in [3.8, 4) is 11.3 Å². The number of pyridine rings is 1. The van der Waals surface area contributed by atoms with E-state index >= 15 is 0 Å². The molecule has 1 aromatic heterocycles. The van der Waals surface area contributed by atoms with E-state index in [1.165, 1.54) is 23.1 Å². The molecule has 3 aromatic carbocycles. The van der Waals surface area contributed by atoms with Crippen LogP contribution in [0.1, 0.15) is 31.2 Å². The maximum absolute atomic E-state index is 11.5. The van der Waals surface area contributed by atoms with Crippen molar-refractivity contribution in [1.29, 1.82) is 0 Å². The summed E-state index contributed by atoms with van der Waals surface area (Å²) in [4.78, 5) is 3.54. The molecule has 0 spiro atoms. The zero-order valence-corrected chi connectivity index (χ0v) is 27.5. The third-order valence-corrected chi connectivity index (χ3v) is 9.99. The van der Waals surface area contributed by atoms with Gasteiger partial charge in [0.05, 0.1) is 28.6 Å². The lowest BCUT2D eigenvalue weighted by molar-refractivity contribution is -0.661. The zero-order chi connectivity index (χ0) is 31.2. The predicted molar refractivity (Wildman–Crippen MR) is 181 cm³/mol. The fourth-order valence-corrected chi connectivity index (χ4v) is 7.59. The SMILES string of the molecule is CS(=O)(=O)NCCCCN1C(=Cc2cc(-c3ccccc3)[n+](CCCCNS(C)(=O)=O)c3ccccc23)Sc2ccccc21. The second-order valence-electron chi connectivity index (χ2n) is 11.0. The first-order valence-electron chi connectivity index (χ1n) is 14.8. The monoisotopic (exact) mass is 651 g/mol. The van der Waals surface area contributed by atoms with Gasteiger partial charge in [0.2, 0.25) is 31.3 Å². The molecule has 1 aliphatic heterocycles. The van der Waals surface area contributed by atoms with Crippen molar-refractivity contribution in [3.05, 3.63) is 95.5 Å². The number of aryl methyl sites for hydroxylation is 1. The van der Waals surface area contributed by atoms with Crippen LogP contribution in [0.4, 0.5) is 5.69 Å². The van der Waals surface area contributed by atoms with Crippen molar-refractivity contribution in [2.45, 2.75) is 37.1 Å². The number of para-hydroxylation sites is 2. The first-order valence-corrected chi connectivity index (χ1v) is 19.4. The van der Waals surface area contributed by atoms with Crippen LogP contribution in [0.25, 0.3) is 28.2 Å². The van der Waals surface area contributed by atoms with Gasteiger partial charge in [-0.25, -0.2) is 26.3 Å². The second-order valence-corrected chi connectivity index (χ2v) is 15.7. The Kier molecular flexibility index (Phi) is 10.4. The van der Waals surface area contributed by atoms with E-state index in [-0.39, 0.29) is 0 Å². The maximum atomic E-state index is 11.5. The van der Waals surface area contributed by atoms with Crippen molar-refractivity contribution in [2.75, 3.05) is 37.0 Å². The van der Waals surface area contributed by atoms with Gasteiger partial charge in [-0.15, -0.1) is 0 Å². The first kappa shape index (κ1) is 32.2. The number of fused-ring (bicyclic) bond motifs is 2. The highest BCUT2D eigenvalue weighted by Gasteiger charge is 2.26. The van der Waals surface area contributed by atoms with Crippen molar-refractivity contribution in [1.82, 2.24) is 9.44 Å². The molecule has 5 rings (SSSR count). The summed E-state index contributed by atoms with van der Waals surface area (Å²) in [7, 11) is -6.41. The number of nitrogens with one attached hydrogen (secondary N) is 2. The Morgan fingerprint density at radius 2 is 1.41 bits per heavy atom. The van der Waals surface area contributed by atoms with Crippen molar-refractivity contribution >= 4 is 54.5 Å². The van der Waals surface area contributed by atoms with Gasteiger partial charge in [0.1, 0.15) is 6.54 Å². The predicted octanol–water partition coefficient (Wildman–Crippen LogP) is 5.36. The molecular weight excluding hydrogens is 613 g/mol. The summed E-state index contributed by atoms with van der Waals surface area (Å²) in [6.45, 7) is 2.37. The van der Waals surface area contributed by atoms with Crippen molar-refractivity contribution < 1.29 is 21.4 Å². The molecule has 0 unspecified atom stereocenters. The smallest absolute Gasteiger partial charge is 0.213 e. The summed E-state index contributed by atoms with van der Waals surface area (Å²) < 4.78 is 53.6. The summed E-state index contributed by atoms with van der Waals surface area (Å²) in [5.74, 6) is 0. The Morgan fingerprint density at radius 1 is 0.773 bits per heavy atom. The number of sulfonamides is 2. The van der Waals surface area contributed by atoms with Crippen LogP contribution in [0, 0.1) is 0 Å². The van der Waals surface area contributed by atoms with Crippen LogP contribution in [-0.4, -0.2) is 49.0 Å². The Hall–Kier alpha value is -3.22. The van der Waals surface area contributed by atoms with Crippen LogP contribution in [0.5, 0.6) is 0 Å². The van der Waals surface area contributed by atoms with Crippen LogP contribution in [0.2, 0.25) is 0 Å². The van der Waals surface area contributed by atoms with Crippen LogP contribution >= 0.6 is 11.8 Å². The van der Waals surface area contributed by atoms with Crippen LogP contribution in [0.15, 0.2) is 94.9 Å². The Labute approximate surface area is 265 Å². The molecular formula is C33H39N4O4S3+. The summed E-state index contributed by atoms with van der Waals surface area (Å²) in [6, 6.07) is 29.5. The largest absolute Gasteiger partial charge is 0.335 e. The maximum Gasteiger partial charge on any atom is 0.213 e. The van der Waals surface area contributed by atoms with E-state index in [9.17, 15) is 16.8 Å². The molecule has 0 atom stereocenters. The molecule has 11 heteroatoms. The van der Waals surface area contributed by atoms with Crippen LogP contribution < -0.4 is 18.9 Å². The van der Waals surface area contributed by atoms with Gasteiger partial charge in [0.25, 0.3) is 0 Å². The average molecular weight is 652 g/mol. The molecule has 2 N–H and O–H groups in total. The molecule has 0 aliphatic carbocycles. The molecule has 0 bridgehead atoms. The molecule has 2 heterocycles. The molecule has 4 aromatic rings. The van der Waals surface area contributed by atoms with E-state index in [2.05, 4.69) is 91.7 Å². The van der Waals surface area contributed by atoms with Gasteiger partial charge in [-0.05, 0) is 61.2 Å². The van der Waals surface area contributed by atoms with E-state index in [1.54, 1.807) is 11.8 Å². The first-order chi connectivity index (χ1) is 21.1. The molecule has 1 aliphatic rings. The molecule has 232 valence electrons. The highest BCUT2D eigenvalue weighted by molar-refractivity contribution is 8.03. The molecule has 8 nitrogen and oxygen atoms in total. The van der Waals surface area contributed by atoms with Gasteiger partial charge in [0, 0.05) is 48.6 Å². The summed E-state index contributed by atoms with van der Waals surface area (Å²) >= 11 is 1.76. The molecule has 0 saturated carbocycles. The lowest BCUT2D eigenvalue weighted by atomic mass is 10.0. The summed E-state index contributed by atoms with van der Waals surface area (Å²) in [6.07, 6.45) is 7.80. The normalized spacial score (nSPS) is 14.4. The summed E-state index contributed by atoms with van der Waals surface area (Å²) in [5, 5.41) is 2.28. The number of thioether (sulfide) groups is 1. The van der Waals surface area contributed by atoms with E-state index in [1.807, 2.05) is 18.2 Å². The van der Waals surface area contributed by atoms with Crippen molar-refractivity contribution in [3.63, 3.8) is 0 Å². The Morgan fingerprint density at radius 3 is 2.14 bits per heavy atom. The van der Waals surface area contributed by atoms with Gasteiger partial charge >= 0.3 is 0 Å². The van der Waals surface area contributed by atoms with Crippen LogP contribution in [0.3, 0.4) is 0 Å². The molecule has 0 saturated heterocycles. The van der Waals surface area contributed by atoms with E-state index in [4.69, 9.17) is 0 Å². The van der Waals surface area contributed by atoms with Gasteiger partial charge in [-0.1, -0.05) is 54.2 Å². The fourth-order valence-electron chi connectivity index (χ4n) is 5.42. The van der Waals surface area contributed by atoms with Crippen LogP contribution in [-0.2, 0) is 26.6 Å². The number of aromatic nitrogens is 1. The molecule has 44 heavy (non-hydrogen) atoms. The Bertz CT molecular complexity index is 1860. The average Bonchev–Trinajstić information content (AvgIpc) is 3.33. The van der Waals surface area contributed by atoms with Gasteiger partial charge in [0.15, 0.2) is 0 Å². The lowest BCUT2D eigenvalue weighted by Gasteiger charge is -2.21.